The first kappa shape index (κ1) is 13.7. The third kappa shape index (κ3) is 3.16. The molecule has 0 bridgehead atoms. The van der Waals surface area contributed by atoms with Crippen molar-refractivity contribution in [1.82, 2.24) is 10.2 Å². The van der Waals surface area contributed by atoms with Crippen LogP contribution in [0.4, 0.5) is 0 Å². The highest BCUT2D eigenvalue weighted by Gasteiger charge is 2.29. The van der Waals surface area contributed by atoms with Gasteiger partial charge in [-0.1, -0.05) is 23.2 Å². The van der Waals surface area contributed by atoms with Gasteiger partial charge in [-0.2, -0.15) is 0 Å². The van der Waals surface area contributed by atoms with Crippen molar-refractivity contribution >= 4 is 29.1 Å². The van der Waals surface area contributed by atoms with Crippen LogP contribution in [0.2, 0.25) is 10.0 Å². The summed E-state index contributed by atoms with van der Waals surface area (Å²) >= 11 is 11.8. The Labute approximate surface area is 117 Å². The van der Waals surface area contributed by atoms with Crippen LogP contribution in [0.5, 0.6) is 0 Å². The van der Waals surface area contributed by atoms with Crippen LogP contribution in [0.25, 0.3) is 0 Å². The smallest absolute Gasteiger partial charge is 0.254 e. The maximum absolute atomic E-state index is 12.4. The SMILES string of the molecule is CC1(C)CN(C(=O)c2cc(Cl)cc(Cl)c2)CCN1. The number of nitrogens with one attached hydrogen (secondary N) is 1. The Morgan fingerprint density at radius 1 is 1.28 bits per heavy atom. The maximum atomic E-state index is 12.4. The largest absolute Gasteiger partial charge is 0.336 e. The number of hydrogen-bond acceptors (Lipinski definition) is 2. The summed E-state index contributed by atoms with van der Waals surface area (Å²) in [5.41, 5.74) is 0.487. The van der Waals surface area contributed by atoms with Crippen LogP contribution in [0.15, 0.2) is 18.2 Å². The molecule has 1 N–H and O–H groups in total. The molecule has 0 unspecified atom stereocenters. The van der Waals surface area contributed by atoms with Gasteiger partial charge in [0.15, 0.2) is 0 Å². The van der Waals surface area contributed by atoms with Gasteiger partial charge in [0.25, 0.3) is 5.91 Å². The van der Waals surface area contributed by atoms with Crippen LogP contribution >= 0.6 is 23.2 Å². The van der Waals surface area contributed by atoms with E-state index in [-0.39, 0.29) is 11.4 Å². The van der Waals surface area contributed by atoms with Gasteiger partial charge in [-0.15, -0.1) is 0 Å². The lowest BCUT2D eigenvalue weighted by atomic mass is 10.0. The van der Waals surface area contributed by atoms with Crippen molar-refractivity contribution in [3.8, 4) is 0 Å². The molecule has 0 saturated carbocycles. The van der Waals surface area contributed by atoms with Crippen molar-refractivity contribution < 1.29 is 4.79 Å². The van der Waals surface area contributed by atoms with E-state index in [4.69, 9.17) is 23.2 Å². The number of amides is 1. The molecule has 0 aromatic heterocycles. The van der Waals surface area contributed by atoms with Crippen molar-refractivity contribution in [2.24, 2.45) is 0 Å². The quantitative estimate of drug-likeness (QED) is 0.861. The minimum Gasteiger partial charge on any atom is -0.336 e. The number of carbonyl (C=O) groups excluding carboxylic acids is 1. The zero-order valence-electron chi connectivity index (χ0n) is 10.5. The number of nitrogens with zero attached hydrogens (tertiary/aromatic N) is 1. The van der Waals surface area contributed by atoms with E-state index in [2.05, 4.69) is 19.2 Å². The second-order valence-electron chi connectivity index (χ2n) is 5.20. The second kappa shape index (κ2) is 5.08. The average Bonchev–Trinajstić information content (AvgIpc) is 2.25. The molecular formula is C13H16Cl2N2O. The van der Waals surface area contributed by atoms with Gasteiger partial charge in [-0.3, -0.25) is 4.79 Å². The summed E-state index contributed by atoms with van der Waals surface area (Å²) in [6.07, 6.45) is 0. The molecule has 5 heteroatoms. The van der Waals surface area contributed by atoms with Crippen molar-refractivity contribution in [1.29, 1.82) is 0 Å². The Bertz CT molecular complexity index is 454. The number of piperazine rings is 1. The van der Waals surface area contributed by atoms with Crippen LogP contribution in [0.1, 0.15) is 24.2 Å². The minimum absolute atomic E-state index is 0.0195. The van der Waals surface area contributed by atoms with Gasteiger partial charge in [-0.25, -0.2) is 0 Å². The van der Waals surface area contributed by atoms with Crippen molar-refractivity contribution in [3.05, 3.63) is 33.8 Å². The molecule has 1 fully saturated rings. The molecule has 2 rings (SSSR count). The van der Waals surface area contributed by atoms with Gasteiger partial charge in [0.2, 0.25) is 0 Å². The molecule has 1 heterocycles. The highest BCUT2D eigenvalue weighted by atomic mass is 35.5. The molecule has 0 radical (unpaired) electrons. The Hall–Kier alpha value is -0.770. The van der Waals surface area contributed by atoms with Crippen LogP contribution < -0.4 is 5.32 Å². The Morgan fingerprint density at radius 2 is 1.89 bits per heavy atom. The van der Waals surface area contributed by atoms with E-state index in [1.165, 1.54) is 0 Å². The fraction of sp³-hybridized carbons (Fsp3) is 0.462. The Balaban J connectivity index is 2.20. The van der Waals surface area contributed by atoms with Crippen molar-refractivity contribution in [2.75, 3.05) is 19.6 Å². The van der Waals surface area contributed by atoms with E-state index < -0.39 is 0 Å². The summed E-state index contributed by atoms with van der Waals surface area (Å²) in [5.74, 6) is -0.0195. The first-order chi connectivity index (χ1) is 8.37. The lowest BCUT2D eigenvalue weighted by molar-refractivity contribution is 0.0652. The van der Waals surface area contributed by atoms with E-state index in [9.17, 15) is 4.79 Å². The molecule has 0 atom stereocenters. The van der Waals surface area contributed by atoms with E-state index in [1.54, 1.807) is 18.2 Å². The topological polar surface area (TPSA) is 32.3 Å². The minimum atomic E-state index is -0.0592. The molecule has 1 amide bonds. The summed E-state index contributed by atoms with van der Waals surface area (Å²) in [5, 5.41) is 4.34. The molecule has 18 heavy (non-hydrogen) atoms. The fourth-order valence-corrected chi connectivity index (χ4v) is 2.70. The number of hydrogen-bond donors (Lipinski definition) is 1. The van der Waals surface area contributed by atoms with Gasteiger partial charge in [0.05, 0.1) is 0 Å². The van der Waals surface area contributed by atoms with Gasteiger partial charge < -0.3 is 10.2 Å². The normalized spacial score (nSPS) is 18.8. The standard InChI is InChI=1S/C13H16Cl2N2O/c1-13(2)8-17(4-3-16-13)12(18)9-5-10(14)7-11(15)6-9/h5-7,16H,3-4,8H2,1-2H3. The molecule has 1 aliphatic rings. The third-order valence-electron chi connectivity index (χ3n) is 2.97. The average molecular weight is 287 g/mol. The molecule has 98 valence electrons. The fourth-order valence-electron chi connectivity index (χ4n) is 2.17. The highest BCUT2D eigenvalue weighted by molar-refractivity contribution is 6.35. The van der Waals surface area contributed by atoms with Gasteiger partial charge in [0, 0.05) is 40.8 Å². The highest BCUT2D eigenvalue weighted by Crippen LogP contribution is 2.21. The number of halogens is 2. The predicted molar refractivity (Wildman–Crippen MR) is 74.4 cm³/mol. The van der Waals surface area contributed by atoms with E-state index in [0.717, 1.165) is 6.54 Å². The number of benzene rings is 1. The van der Waals surface area contributed by atoms with Gasteiger partial charge >= 0.3 is 0 Å². The van der Waals surface area contributed by atoms with Crippen molar-refractivity contribution in [3.63, 3.8) is 0 Å². The molecule has 3 nitrogen and oxygen atoms in total. The molecule has 1 aliphatic heterocycles. The molecule has 1 saturated heterocycles. The zero-order valence-corrected chi connectivity index (χ0v) is 12.0. The molecule has 0 aliphatic carbocycles. The molecular weight excluding hydrogens is 271 g/mol. The third-order valence-corrected chi connectivity index (χ3v) is 3.40. The summed E-state index contributed by atoms with van der Waals surface area (Å²) in [4.78, 5) is 14.2. The molecule has 0 spiro atoms. The lowest BCUT2D eigenvalue weighted by Gasteiger charge is -2.39. The van der Waals surface area contributed by atoms with E-state index in [0.29, 0.717) is 28.7 Å². The van der Waals surface area contributed by atoms with E-state index in [1.807, 2.05) is 4.90 Å². The van der Waals surface area contributed by atoms with E-state index >= 15 is 0 Å². The first-order valence-electron chi connectivity index (χ1n) is 5.88. The Kier molecular flexibility index (Phi) is 3.85. The predicted octanol–water partition coefficient (Wildman–Crippen LogP) is 2.82. The summed E-state index contributed by atoms with van der Waals surface area (Å²) < 4.78 is 0. The summed E-state index contributed by atoms with van der Waals surface area (Å²) in [6, 6.07) is 4.94. The zero-order chi connectivity index (χ0) is 13.3. The first-order valence-corrected chi connectivity index (χ1v) is 6.63. The van der Waals surface area contributed by atoms with Crippen LogP contribution in [0, 0.1) is 0 Å². The number of rotatable bonds is 1. The van der Waals surface area contributed by atoms with Gasteiger partial charge in [0.1, 0.15) is 0 Å². The maximum Gasteiger partial charge on any atom is 0.254 e. The van der Waals surface area contributed by atoms with Crippen LogP contribution in [-0.4, -0.2) is 36.0 Å². The molecule has 1 aromatic rings. The van der Waals surface area contributed by atoms with Gasteiger partial charge in [-0.05, 0) is 32.0 Å². The lowest BCUT2D eigenvalue weighted by Crippen LogP contribution is -2.58. The second-order valence-corrected chi connectivity index (χ2v) is 6.07. The summed E-state index contributed by atoms with van der Waals surface area (Å²) in [6.45, 7) is 6.34. The Morgan fingerprint density at radius 3 is 2.44 bits per heavy atom. The number of carbonyl (C=O) groups is 1. The van der Waals surface area contributed by atoms with Crippen LogP contribution in [-0.2, 0) is 0 Å². The van der Waals surface area contributed by atoms with Crippen LogP contribution in [0.3, 0.4) is 0 Å². The molecule has 1 aromatic carbocycles. The summed E-state index contributed by atoms with van der Waals surface area (Å²) in [7, 11) is 0. The monoisotopic (exact) mass is 286 g/mol. The van der Waals surface area contributed by atoms with Crippen molar-refractivity contribution in [2.45, 2.75) is 19.4 Å².